The normalized spacial score (nSPS) is 17.4. The fraction of sp³-hybridized carbons (Fsp3) is 0.500. The molecule has 1 aliphatic rings. The number of nitrogens with one attached hydrogen (secondary N) is 2. The lowest BCUT2D eigenvalue weighted by molar-refractivity contribution is -0.139. The standard InChI is InChI=1S/C12H17N3O2/c16-11(17)7-12(8-14-9-12)15-6-3-10-1-4-13-5-2-10/h1-2,4-5,14-15H,3,6-9H2,(H,16,17). The van der Waals surface area contributed by atoms with Gasteiger partial charge in [-0.05, 0) is 30.7 Å². The van der Waals surface area contributed by atoms with Crippen molar-refractivity contribution >= 4 is 5.97 Å². The number of pyridine rings is 1. The van der Waals surface area contributed by atoms with E-state index in [9.17, 15) is 4.79 Å². The second-order valence-electron chi connectivity index (χ2n) is 4.49. The average Bonchev–Trinajstić information content (AvgIpc) is 2.26. The Balaban J connectivity index is 1.79. The summed E-state index contributed by atoms with van der Waals surface area (Å²) in [5.74, 6) is -0.747. The van der Waals surface area contributed by atoms with Crippen LogP contribution in [0.5, 0.6) is 0 Å². The minimum Gasteiger partial charge on any atom is -0.481 e. The van der Waals surface area contributed by atoms with Gasteiger partial charge in [0.15, 0.2) is 0 Å². The number of aliphatic carboxylic acids is 1. The highest BCUT2D eigenvalue weighted by Gasteiger charge is 2.38. The number of aromatic nitrogens is 1. The quantitative estimate of drug-likeness (QED) is 0.648. The van der Waals surface area contributed by atoms with E-state index in [0.717, 1.165) is 26.1 Å². The van der Waals surface area contributed by atoms with Crippen LogP contribution in [0.4, 0.5) is 0 Å². The highest BCUT2D eigenvalue weighted by Crippen LogP contribution is 2.15. The molecular weight excluding hydrogens is 218 g/mol. The first-order valence-corrected chi connectivity index (χ1v) is 5.77. The molecule has 0 bridgehead atoms. The molecule has 1 aliphatic heterocycles. The molecule has 3 N–H and O–H groups in total. The third-order valence-corrected chi connectivity index (χ3v) is 3.08. The van der Waals surface area contributed by atoms with Crippen LogP contribution in [0.25, 0.3) is 0 Å². The first-order valence-electron chi connectivity index (χ1n) is 5.77. The molecule has 0 atom stereocenters. The Morgan fingerprint density at radius 2 is 2.18 bits per heavy atom. The number of rotatable bonds is 6. The molecule has 2 rings (SSSR count). The molecule has 5 heteroatoms. The molecule has 17 heavy (non-hydrogen) atoms. The molecular formula is C12H17N3O2. The first-order chi connectivity index (χ1) is 8.20. The Bertz CT molecular complexity index is 377. The van der Waals surface area contributed by atoms with E-state index in [-0.39, 0.29) is 12.0 Å². The lowest BCUT2D eigenvalue weighted by atomic mass is 9.88. The van der Waals surface area contributed by atoms with E-state index >= 15 is 0 Å². The fourth-order valence-electron chi connectivity index (χ4n) is 2.05. The maximum Gasteiger partial charge on any atom is 0.305 e. The Kier molecular flexibility index (Phi) is 3.71. The SMILES string of the molecule is O=C(O)CC1(NCCc2ccncc2)CNC1. The van der Waals surface area contributed by atoms with E-state index in [1.807, 2.05) is 12.1 Å². The van der Waals surface area contributed by atoms with Crippen molar-refractivity contribution in [3.8, 4) is 0 Å². The molecule has 1 aromatic rings. The van der Waals surface area contributed by atoms with Gasteiger partial charge in [-0.15, -0.1) is 0 Å². The fourth-order valence-corrected chi connectivity index (χ4v) is 2.05. The number of carbonyl (C=O) groups is 1. The predicted octanol–water partition coefficient (Wildman–Crippen LogP) is 0.0304. The highest BCUT2D eigenvalue weighted by molar-refractivity contribution is 5.68. The van der Waals surface area contributed by atoms with E-state index in [1.54, 1.807) is 12.4 Å². The van der Waals surface area contributed by atoms with Crippen molar-refractivity contribution in [2.24, 2.45) is 0 Å². The summed E-state index contributed by atoms with van der Waals surface area (Å²) >= 11 is 0. The third-order valence-electron chi connectivity index (χ3n) is 3.08. The van der Waals surface area contributed by atoms with Crippen molar-refractivity contribution in [3.63, 3.8) is 0 Å². The van der Waals surface area contributed by atoms with Crippen LogP contribution in [-0.4, -0.2) is 41.2 Å². The molecule has 0 aromatic carbocycles. The van der Waals surface area contributed by atoms with Crippen LogP contribution in [-0.2, 0) is 11.2 Å². The van der Waals surface area contributed by atoms with Gasteiger partial charge >= 0.3 is 5.97 Å². The maximum atomic E-state index is 10.8. The third kappa shape index (κ3) is 3.25. The molecule has 5 nitrogen and oxygen atoms in total. The molecule has 1 saturated heterocycles. The van der Waals surface area contributed by atoms with Gasteiger partial charge in [0.1, 0.15) is 0 Å². The Morgan fingerprint density at radius 3 is 2.71 bits per heavy atom. The largest absolute Gasteiger partial charge is 0.481 e. The van der Waals surface area contributed by atoms with Crippen molar-refractivity contribution in [1.29, 1.82) is 0 Å². The lowest BCUT2D eigenvalue weighted by Gasteiger charge is -2.42. The van der Waals surface area contributed by atoms with Crippen LogP contribution < -0.4 is 10.6 Å². The second-order valence-corrected chi connectivity index (χ2v) is 4.49. The number of hydrogen-bond donors (Lipinski definition) is 3. The molecule has 0 aliphatic carbocycles. The zero-order chi connectivity index (χ0) is 12.1. The second kappa shape index (κ2) is 5.25. The van der Waals surface area contributed by atoms with Crippen LogP contribution in [0.2, 0.25) is 0 Å². The summed E-state index contributed by atoms with van der Waals surface area (Å²) in [6.07, 6.45) is 4.61. The van der Waals surface area contributed by atoms with Crippen LogP contribution in [0.3, 0.4) is 0 Å². The van der Waals surface area contributed by atoms with Crippen molar-refractivity contribution in [3.05, 3.63) is 30.1 Å². The van der Waals surface area contributed by atoms with Crippen molar-refractivity contribution < 1.29 is 9.90 Å². The van der Waals surface area contributed by atoms with Gasteiger partial charge in [-0.1, -0.05) is 0 Å². The van der Waals surface area contributed by atoms with Crippen molar-refractivity contribution in [2.45, 2.75) is 18.4 Å². The van der Waals surface area contributed by atoms with Crippen LogP contribution in [0, 0.1) is 0 Å². The summed E-state index contributed by atoms with van der Waals surface area (Å²) in [6.45, 7) is 2.25. The van der Waals surface area contributed by atoms with Crippen LogP contribution >= 0.6 is 0 Å². The summed E-state index contributed by atoms with van der Waals surface area (Å²) in [5.41, 5.74) is 0.962. The van der Waals surface area contributed by atoms with Gasteiger partial charge in [0, 0.05) is 25.5 Å². The summed E-state index contributed by atoms with van der Waals surface area (Å²) in [6, 6.07) is 3.95. The average molecular weight is 235 g/mol. The van der Waals surface area contributed by atoms with Gasteiger partial charge in [-0.25, -0.2) is 0 Å². The Labute approximate surface area is 100 Å². The van der Waals surface area contributed by atoms with Gasteiger partial charge < -0.3 is 15.7 Å². The first kappa shape index (κ1) is 12.0. The zero-order valence-electron chi connectivity index (χ0n) is 9.65. The van der Waals surface area contributed by atoms with Gasteiger partial charge in [-0.3, -0.25) is 9.78 Å². The minimum atomic E-state index is -0.747. The topological polar surface area (TPSA) is 74.2 Å². The van der Waals surface area contributed by atoms with E-state index < -0.39 is 5.97 Å². The predicted molar refractivity (Wildman–Crippen MR) is 63.8 cm³/mol. The lowest BCUT2D eigenvalue weighted by Crippen LogP contribution is -2.68. The van der Waals surface area contributed by atoms with E-state index in [1.165, 1.54) is 5.56 Å². The molecule has 0 saturated carbocycles. The van der Waals surface area contributed by atoms with Gasteiger partial charge in [0.05, 0.1) is 12.0 Å². The molecule has 0 unspecified atom stereocenters. The molecule has 92 valence electrons. The smallest absolute Gasteiger partial charge is 0.305 e. The van der Waals surface area contributed by atoms with Gasteiger partial charge in [-0.2, -0.15) is 0 Å². The van der Waals surface area contributed by atoms with E-state index in [4.69, 9.17) is 5.11 Å². The number of carboxylic acid groups (broad SMARTS) is 1. The Morgan fingerprint density at radius 1 is 1.47 bits per heavy atom. The van der Waals surface area contributed by atoms with Crippen LogP contribution in [0.15, 0.2) is 24.5 Å². The number of nitrogens with zero attached hydrogens (tertiary/aromatic N) is 1. The summed E-state index contributed by atoms with van der Waals surface area (Å²) in [5, 5.41) is 15.3. The molecule has 1 aromatic heterocycles. The molecule has 2 heterocycles. The summed E-state index contributed by atoms with van der Waals surface area (Å²) in [7, 11) is 0. The van der Waals surface area contributed by atoms with E-state index in [0.29, 0.717) is 0 Å². The summed E-state index contributed by atoms with van der Waals surface area (Å²) < 4.78 is 0. The summed E-state index contributed by atoms with van der Waals surface area (Å²) in [4.78, 5) is 14.7. The van der Waals surface area contributed by atoms with E-state index in [2.05, 4.69) is 15.6 Å². The molecule has 0 spiro atoms. The van der Waals surface area contributed by atoms with Gasteiger partial charge in [0.2, 0.25) is 0 Å². The van der Waals surface area contributed by atoms with Crippen LogP contribution in [0.1, 0.15) is 12.0 Å². The monoisotopic (exact) mass is 235 g/mol. The Hall–Kier alpha value is -1.46. The maximum absolute atomic E-state index is 10.8. The molecule has 0 amide bonds. The molecule has 0 radical (unpaired) electrons. The zero-order valence-corrected chi connectivity index (χ0v) is 9.65. The number of hydrogen-bond acceptors (Lipinski definition) is 4. The highest BCUT2D eigenvalue weighted by atomic mass is 16.4. The minimum absolute atomic E-state index is 0.177. The van der Waals surface area contributed by atoms with Crippen molar-refractivity contribution in [1.82, 2.24) is 15.6 Å². The van der Waals surface area contributed by atoms with Crippen molar-refractivity contribution in [2.75, 3.05) is 19.6 Å². The van der Waals surface area contributed by atoms with Gasteiger partial charge in [0.25, 0.3) is 0 Å². The number of carboxylic acids is 1. The molecule has 1 fully saturated rings.